The van der Waals surface area contributed by atoms with E-state index in [0.29, 0.717) is 4.47 Å². The zero-order chi connectivity index (χ0) is 14.8. The Hall–Kier alpha value is -0.450. The summed E-state index contributed by atoms with van der Waals surface area (Å²) < 4.78 is 19.9. The summed E-state index contributed by atoms with van der Waals surface area (Å²) in [6.45, 7) is 8.90. The number of nitrogens with one attached hydrogen (secondary N) is 1. The smallest absolute Gasteiger partial charge is 0.137 e. The highest BCUT2D eigenvalue weighted by Crippen LogP contribution is 2.35. The molecule has 0 saturated carbocycles. The first-order valence-corrected chi connectivity index (χ1v) is 7.86. The molecule has 0 bridgehead atoms. The van der Waals surface area contributed by atoms with Gasteiger partial charge < -0.3 is 10.1 Å². The Morgan fingerprint density at radius 3 is 2.75 bits per heavy atom. The number of benzene rings is 1. The Kier molecular flexibility index (Phi) is 4.88. The zero-order valence-electron chi connectivity index (χ0n) is 12.4. The van der Waals surface area contributed by atoms with Gasteiger partial charge in [-0.3, -0.25) is 0 Å². The maximum Gasteiger partial charge on any atom is 0.137 e. The predicted molar refractivity (Wildman–Crippen MR) is 83.4 cm³/mol. The van der Waals surface area contributed by atoms with Crippen LogP contribution in [0.4, 0.5) is 4.39 Å². The van der Waals surface area contributed by atoms with Crippen LogP contribution in [0, 0.1) is 11.2 Å². The van der Waals surface area contributed by atoms with E-state index in [4.69, 9.17) is 4.74 Å². The first-order valence-electron chi connectivity index (χ1n) is 7.07. The van der Waals surface area contributed by atoms with E-state index in [-0.39, 0.29) is 16.8 Å². The van der Waals surface area contributed by atoms with Crippen molar-refractivity contribution in [1.82, 2.24) is 5.32 Å². The van der Waals surface area contributed by atoms with Gasteiger partial charge >= 0.3 is 0 Å². The average molecular weight is 344 g/mol. The third-order valence-corrected chi connectivity index (χ3v) is 4.66. The largest absolute Gasteiger partial charge is 0.381 e. The van der Waals surface area contributed by atoms with E-state index in [1.54, 1.807) is 6.07 Å². The topological polar surface area (TPSA) is 21.3 Å². The standard InChI is InChI=1S/C16H23BrFNO/c1-15(2,3)19-10-16(7-8-20-11-16)9-12-5-4-6-13(18)14(12)17/h4-6,19H,7-11H2,1-3H3. The molecule has 1 aromatic rings. The van der Waals surface area contributed by atoms with Gasteiger partial charge in [-0.1, -0.05) is 12.1 Å². The van der Waals surface area contributed by atoms with Crippen molar-refractivity contribution >= 4 is 15.9 Å². The molecule has 1 saturated heterocycles. The van der Waals surface area contributed by atoms with Gasteiger partial charge in [0.2, 0.25) is 0 Å². The van der Waals surface area contributed by atoms with Gasteiger partial charge in [0.1, 0.15) is 5.82 Å². The first-order chi connectivity index (χ1) is 9.31. The molecule has 1 aliphatic heterocycles. The third-order valence-electron chi connectivity index (χ3n) is 3.78. The number of hydrogen-bond acceptors (Lipinski definition) is 2. The lowest BCUT2D eigenvalue weighted by atomic mass is 9.80. The molecule has 0 spiro atoms. The van der Waals surface area contributed by atoms with Gasteiger partial charge in [0.15, 0.2) is 0 Å². The Morgan fingerprint density at radius 1 is 1.40 bits per heavy atom. The van der Waals surface area contributed by atoms with Crippen molar-refractivity contribution in [2.24, 2.45) is 5.41 Å². The third kappa shape index (κ3) is 4.03. The van der Waals surface area contributed by atoms with Crippen molar-refractivity contribution < 1.29 is 9.13 Å². The first kappa shape index (κ1) is 15.9. The molecule has 1 aliphatic rings. The predicted octanol–water partition coefficient (Wildman–Crippen LogP) is 3.93. The fourth-order valence-electron chi connectivity index (χ4n) is 2.53. The maximum atomic E-state index is 13.7. The maximum absolute atomic E-state index is 13.7. The van der Waals surface area contributed by atoms with E-state index in [1.165, 1.54) is 6.07 Å². The van der Waals surface area contributed by atoms with E-state index in [9.17, 15) is 4.39 Å². The monoisotopic (exact) mass is 343 g/mol. The molecule has 20 heavy (non-hydrogen) atoms. The summed E-state index contributed by atoms with van der Waals surface area (Å²) in [4.78, 5) is 0. The van der Waals surface area contributed by atoms with E-state index in [1.807, 2.05) is 6.07 Å². The highest BCUT2D eigenvalue weighted by molar-refractivity contribution is 9.10. The van der Waals surface area contributed by atoms with Gasteiger partial charge in [-0.05, 0) is 61.2 Å². The molecule has 1 heterocycles. The van der Waals surface area contributed by atoms with E-state index < -0.39 is 0 Å². The Bertz CT molecular complexity index is 464. The molecule has 1 atom stereocenters. The second kappa shape index (κ2) is 6.12. The van der Waals surface area contributed by atoms with Gasteiger partial charge in [-0.15, -0.1) is 0 Å². The Labute approximate surface area is 129 Å². The highest BCUT2D eigenvalue weighted by atomic mass is 79.9. The lowest BCUT2D eigenvalue weighted by Gasteiger charge is -2.32. The normalized spacial score (nSPS) is 23.2. The molecule has 0 aliphatic carbocycles. The molecule has 0 amide bonds. The van der Waals surface area contributed by atoms with Gasteiger partial charge in [0.05, 0.1) is 11.1 Å². The van der Waals surface area contributed by atoms with Crippen LogP contribution in [0.5, 0.6) is 0 Å². The van der Waals surface area contributed by atoms with Crippen LogP contribution < -0.4 is 5.32 Å². The summed E-state index contributed by atoms with van der Waals surface area (Å²) in [5.41, 5.74) is 1.16. The van der Waals surface area contributed by atoms with Crippen molar-refractivity contribution in [3.05, 3.63) is 34.1 Å². The Morgan fingerprint density at radius 2 is 2.15 bits per heavy atom. The minimum atomic E-state index is -0.194. The van der Waals surface area contributed by atoms with E-state index in [2.05, 4.69) is 42.0 Å². The summed E-state index contributed by atoms with van der Waals surface area (Å²) in [6.07, 6.45) is 1.84. The zero-order valence-corrected chi connectivity index (χ0v) is 14.0. The molecule has 1 fully saturated rings. The molecule has 112 valence electrons. The molecule has 1 aromatic carbocycles. The second-order valence-electron chi connectivity index (χ2n) is 6.80. The van der Waals surface area contributed by atoms with E-state index in [0.717, 1.165) is 38.2 Å². The SMILES string of the molecule is CC(C)(C)NCC1(Cc2cccc(F)c2Br)CCOC1. The molecule has 0 radical (unpaired) electrons. The second-order valence-corrected chi connectivity index (χ2v) is 7.59. The van der Waals surface area contributed by atoms with Crippen LogP contribution in [-0.2, 0) is 11.2 Å². The minimum Gasteiger partial charge on any atom is -0.381 e. The van der Waals surface area contributed by atoms with E-state index >= 15 is 0 Å². The fraction of sp³-hybridized carbons (Fsp3) is 0.625. The summed E-state index contributed by atoms with van der Waals surface area (Å²) in [6, 6.07) is 5.25. The molecular weight excluding hydrogens is 321 g/mol. The number of rotatable bonds is 4. The van der Waals surface area contributed by atoms with Crippen LogP contribution in [0.3, 0.4) is 0 Å². The van der Waals surface area contributed by atoms with Crippen LogP contribution in [0.25, 0.3) is 0 Å². The molecule has 2 rings (SSSR count). The van der Waals surface area contributed by atoms with Crippen LogP contribution in [0.1, 0.15) is 32.8 Å². The van der Waals surface area contributed by atoms with Crippen molar-refractivity contribution in [3.63, 3.8) is 0 Å². The number of halogens is 2. The van der Waals surface area contributed by atoms with Crippen LogP contribution in [0.15, 0.2) is 22.7 Å². The average Bonchev–Trinajstić information content (AvgIpc) is 2.81. The molecule has 0 aromatic heterocycles. The summed E-state index contributed by atoms with van der Waals surface area (Å²) in [5.74, 6) is -0.194. The number of hydrogen-bond donors (Lipinski definition) is 1. The van der Waals surface area contributed by atoms with Gasteiger partial charge in [-0.25, -0.2) is 4.39 Å². The van der Waals surface area contributed by atoms with Crippen molar-refractivity contribution in [2.75, 3.05) is 19.8 Å². The highest BCUT2D eigenvalue weighted by Gasteiger charge is 2.36. The molecule has 1 N–H and O–H groups in total. The lowest BCUT2D eigenvalue weighted by Crippen LogP contribution is -2.45. The molecule has 2 nitrogen and oxygen atoms in total. The van der Waals surface area contributed by atoms with Crippen LogP contribution in [-0.4, -0.2) is 25.3 Å². The van der Waals surface area contributed by atoms with Crippen molar-refractivity contribution in [1.29, 1.82) is 0 Å². The number of ether oxygens (including phenoxy) is 1. The summed E-state index contributed by atoms with van der Waals surface area (Å²) in [7, 11) is 0. The minimum absolute atomic E-state index is 0.0591. The van der Waals surface area contributed by atoms with Gasteiger partial charge in [0, 0.05) is 24.1 Å². The van der Waals surface area contributed by atoms with Crippen molar-refractivity contribution in [3.8, 4) is 0 Å². The van der Waals surface area contributed by atoms with Crippen LogP contribution >= 0.6 is 15.9 Å². The molecule has 1 unspecified atom stereocenters. The van der Waals surface area contributed by atoms with Gasteiger partial charge in [0.25, 0.3) is 0 Å². The fourth-order valence-corrected chi connectivity index (χ4v) is 2.94. The summed E-state index contributed by atoms with van der Waals surface area (Å²) in [5, 5.41) is 3.57. The Balaban J connectivity index is 2.15. The quantitative estimate of drug-likeness (QED) is 0.894. The summed E-state index contributed by atoms with van der Waals surface area (Å²) >= 11 is 3.37. The van der Waals surface area contributed by atoms with Crippen LogP contribution in [0.2, 0.25) is 0 Å². The van der Waals surface area contributed by atoms with Crippen molar-refractivity contribution in [2.45, 2.75) is 39.2 Å². The molecule has 4 heteroatoms. The molecular formula is C16H23BrFNO. The lowest BCUT2D eigenvalue weighted by molar-refractivity contribution is 0.144. The van der Waals surface area contributed by atoms with Gasteiger partial charge in [-0.2, -0.15) is 0 Å².